The first-order valence-electron chi connectivity index (χ1n) is 17.3. The quantitative estimate of drug-likeness (QED) is 0.130. The summed E-state index contributed by atoms with van der Waals surface area (Å²) < 4.78 is 75.0. The van der Waals surface area contributed by atoms with Crippen LogP contribution in [-0.4, -0.2) is 26.5 Å². The van der Waals surface area contributed by atoms with Crippen molar-refractivity contribution in [3.63, 3.8) is 0 Å². The molecule has 0 heterocycles. The second kappa shape index (κ2) is 11.1. The molecule has 5 nitrogen and oxygen atoms in total. The van der Waals surface area contributed by atoms with Crippen molar-refractivity contribution in [3.8, 4) is 0 Å². The second-order valence-corrected chi connectivity index (χ2v) is 18.5. The average molecular weight is 677 g/mol. The molecule has 0 amide bonds. The summed E-state index contributed by atoms with van der Waals surface area (Å²) in [5, 5.41) is 0. The minimum atomic E-state index is -5.75. The molecule has 5 aliphatic carbocycles. The van der Waals surface area contributed by atoms with E-state index in [0.29, 0.717) is 42.3 Å². The number of halogens is 3. The first-order valence-corrected chi connectivity index (χ1v) is 18.7. The Balaban J connectivity index is 1.31. The van der Waals surface area contributed by atoms with Gasteiger partial charge in [0.2, 0.25) is 0 Å². The summed E-state index contributed by atoms with van der Waals surface area (Å²) in [5.41, 5.74) is -4.87. The molecule has 0 spiro atoms. The number of hydrogen-bond acceptors (Lipinski definition) is 5. The highest BCUT2D eigenvalue weighted by molar-refractivity contribution is 7.87. The predicted octanol–water partition coefficient (Wildman–Crippen LogP) is 9.86. The van der Waals surface area contributed by atoms with Crippen molar-refractivity contribution in [1.82, 2.24) is 0 Å². The van der Waals surface area contributed by atoms with Gasteiger partial charge in [-0.25, -0.2) is 4.79 Å². The van der Waals surface area contributed by atoms with Gasteiger partial charge >= 0.3 is 21.6 Å². The number of carbonyl (C=O) groups excluding carboxylic acids is 1. The number of carbonyl (C=O) groups is 1. The first-order chi connectivity index (χ1) is 21.7. The maximum Gasteiger partial charge on any atom is 0.534 e. The molecule has 9 heteroatoms. The summed E-state index contributed by atoms with van der Waals surface area (Å²) in [4.78, 5) is 13.1. The summed E-state index contributed by atoms with van der Waals surface area (Å²) in [6.45, 7) is 18.0. The Morgan fingerprint density at radius 2 is 1.60 bits per heavy atom. The number of fused-ring (bicyclic) bond motifs is 7. The van der Waals surface area contributed by atoms with Gasteiger partial charge in [-0.05, 0) is 129 Å². The van der Waals surface area contributed by atoms with Crippen molar-refractivity contribution in [2.24, 2.45) is 56.7 Å². The number of allylic oxidation sites excluding steroid dienone is 3. The lowest BCUT2D eigenvalue weighted by Crippen LogP contribution is -2.65. The summed E-state index contributed by atoms with van der Waals surface area (Å²) in [7, 11) is -5.75. The molecule has 0 radical (unpaired) electrons. The summed E-state index contributed by atoms with van der Waals surface area (Å²) in [6.07, 6.45) is 9.98. The third-order valence-electron chi connectivity index (χ3n) is 14.7. The van der Waals surface area contributed by atoms with Crippen molar-refractivity contribution >= 4 is 16.1 Å². The molecule has 5 aliphatic rings. The third-order valence-corrected chi connectivity index (χ3v) is 15.7. The molecule has 0 saturated heterocycles. The van der Waals surface area contributed by atoms with E-state index in [1.54, 1.807) is 18.2 Å². The number of hydrogen-bond donors (Lipinski definition) is 0. The molecule has 0 N–H and O–H groups in total. The zero-order valence-corrected chi connectivity index (χ0v) is 29.5. The zero-order valence-electron chi connectivity index (χ0n) is 28.7. The number of alkyl halides is 3. The molecule has 0 aliphatic heterocycles. The Morgan fingerprint density at radius 1 is 0.915 bits per heavy atom. The van der Waals surface area contributed by atoms with E-state index >= 15 is 0 Å². The van der Waals surface area contributed by atoms with Crippen LogP contribution in [-0.2, 0) is 19.0 Å². The molecule has 9 atom stereocenters. The summed E-state index contributed by atoms with van der Waals surface area (Å²) in [6, 6.07) is 9.19. The van der Waals surface area contributed by atoms with Crippen molar-refractivity contribution < 1.29 is 35.3 Å². The van der Waals surface area contributed by atoms with Gasteiger partial charge in [0.25, 0.3) is 0 Å². The van der Waals surface area contributed by atoms with Gasteiger partial charge in [-0.15, -0.1) is 0 Å². The Hall–Kier alpha value is -2.29. The minimum Gasteiger partial charge on any atom is -0.461 e. The molecule has 0 aromatic heterocycles. The Morgan fingerprint density at radius 3 is 2.23 bits per heavy atom. The van der Waals surface area contributed by atoms with Gasteiger partial charge in [-0.1, -0.05) is 65.0 Å². The lowest BCUT2D eigenvalue weighted by Gasteiger charge is -2.72. The molecule has 4 fully saturated rings. The van der Waals surface area contributed by atoms with E-state index in [0.717, 1.165) is 51.4 Å². The lowest BCUT2D eigenvalue weighted by molar-refractivity contribution is -0.231. The summed E-state index contributed by atoms with van der Waals surface area (Å²) in [5.74, 6) is 1.11. The number of ether oxygens (including phenoxy) is 1. The van der Waals surface area contributed by atoms with Crippen molar-refractivity contribution in [3.05, 3.63) is 59.9 Å². The SMILES string of the molecule is C=C(C)C1CCC2(COC(=O)c3ccccc3)CCC3(C)C(CCC4C5(C)CC=C(OS(=O)(=O)C(F)(F)F)C(C)(C)C5CCC43C)C12. The molecule has 260 valence electrons. The molecule has 4 saturated carbocycles. The van der Waals surface area contributed by atoms with Crippen LogP contribution in [0.15, 0.2) is 54.3 Å². The fourth-order valence-electron chi connectivity index (χ4n) is 12.3. The fraction of sp³-hybridized carbons (Fsp3) is 0.711. The normalized spacial score (nSPS) is 41.0. The minimum absolute atomic E-state index is 0.0173. The molecule has 9 unspecified atom stereocenters. The molecular weight excluding hydrogens is 625 g/mol. The van der Waals surface area contributed by atoms with E-state index in [2.05, 4.69) is 34.3 Å². The smallest absolute Gasteiger partial charge is 0.461 e. The second-order valence-electron chi connectivity index (χ2n) is 17.0. The van der Waals surface area contributed by atoms with Gasteiger partial charge < -0.3 is 8.92 Å². The van der Waals surface area contributed by atoms with E-state index in [1.807, 2.05) is 32.0 Å². The topological polar surface area (TPSA) is 69.7 Å². The van der Waals surface area contributed by atoms with Crippen LogP contribution in [0.3, 0.4) is 0 Å². The van der Waals surface area contributed by atoms with Crippen LogP contribution < -0.4 is 0 Å². The standard InChI is InChI=1S/C38H51F3O5S/c1-24(2)26-15-20-37(23-45-32(42)25-11-9-8-10-12-25)22-21-35(6)27(31(26)37)13-14-29-34(5)18-17-30(46-47(43,44)38(39,40)41)33(3,4)28(34)16-19-36(29,35)7/h8-12,17,26-29,31H,1,13-16,18-23H2,2-7H3. The van der Waals surface area contributed by atoms with Crippen LogP contribution >= 0.6 is 0 Å². The maximum atomic E-state index is 13.3. The van der Waals surface area contributed by atoms with Crippen molar-refractivity contribution in [2.75, 3.05) is 6.61 Å². The Labute approximate surface area is 278 Å². The average Bonchev–Trinajstić information content (AvgIpc) is 3.38. The summed E-state index contributed by atoms with van der Waals surface area (Å²) >= 11 is 0. The highest BCUT2D eigenvalue weighted by atomic mass is 32.2. The molecule has 0 bridgehead atoms. The van der Waals surface area contributed by atoms with E-state index in [4.69, 9.17) is 8.92 Å². The van der Waals surface area contributed by atoms with Crippen LogP contribution in [0.2, 0.25) is 0 Å². The van der Waals surface area contributed by atoms with Crippen LogP contribution in [0.5, 0.6) is 0 Å². The largest absolute Gasteiger partial charge is 0.534 e. The third kappa shape index (κ3) is 5.05. The zero-order chi connectivity index (χ0) is 34.4. The van der Waals surface area contributed by atoms with Gasteiger partial charge in [0.05, 0.1) is 12.2 Å². The number of rotatable bonds is 6. The number of benzene rings is 1. The van der Waals surface area contributed by atoms with Crippen molar-refractivity contribution in [1.29, 1.82) is 0 Å². The Bertz CT molecular complexity index is 1570. The Kier molecular flexibility index (Phi) is 8.17. The van der Waals surface area contributed by atoms with Gasteiger partial charge in [-0.3, -0.25) is 0 Å². The van der Waals surface area contributed by atoms with E-state index in [-0.39, 0.29) is 39.3 Å². The maximum absolute atomic E-state index is 13.3. The van der Waals surface area contributed by atoms with Crippen LogP contribution in [0.4, 0.5) is 13.2 Å². The molecule has 6 rings (SSSR count). The van der Waals surface area contributed by atoms with Gasteiger partial charge in [-0.2, -0.15) is 21.6 Å². The molecular formula is C38H51F3O5S. The van der Waals surface area contributed by atoms with Gasteiger partial charge in [0, 0.05) is 10.8 Å². The first kappa shape index (κ1) is 34.6. The number of esters is 1. The van der Waals surface area contributed by atoms with Crippen LogP contribution in [0.25, 0.3) is 0 Å². The van der Waals surface area contributed by atoms with Gasteiger partial charge in [0.15, 0.2) is 0 Å². The fourth-order valence-corrected chi connectivity index (χ4v) is 12.9. The van der Waals surface area contributed by atoms with Crippen LogP contribution in [0.1, 0.15) is 110 Å². The van der Waals surface area contributed by atoms with Gasteiger partial charge in [0.1, 0.15) is 5.76 Å². The molecule has 1 aromatic rings. The molecule has 1 aromatic carbocycles. The van der Waals surface area contributed by atoms with E-state index in [1.165, 1.54) is 5.57 Å². The van der Waals surface area contributed by atoms with E-state index < -0.39 is 21.0 Å². The highest BCUT2D eigenvalue weighted by Gasteiger charge is 2.71. The van der Waals surface area contributed by atoms with Crippen molar-refractivity contribution in [2.45, 2.75) is 105 Å². The molecule has 47 heavy (non-hydrogen) atoms. The predicted molar refractivity (Wildman–Crippen MR) is 175 cm³/mol. The lowest BCUT2D eigenvalue weighted by atomic mass is 9.32. The highest BCUT2D eigenvalue weighted by Crippen LogP contribution is 2.77. The monoisotopic (exact) mass is 676 g/mol. The van der Waals surface area contributed by atoms with Crippen LogP contribution in [0, 0.1) is 56.7 Å². The van der Waals surface area contributed by atoms with E-state index in [9.17, 15) is 26.4 Å².